The van der Waals surface area contributed by atoms with E-state index < -0.39 is 4.92 Å². The lowest BCUT2D eigenvalue weighted by molar-refractivity contribution is -0.384. The summed E-state index contributed by atoms with van der Waals surface area (Å²) in [4.78, 5) is 22.3. The maximum atomic E-state index is 12.1. The Morgan fingerprint density at radius 2 is 2.00 bits per heavy atom. The number of nitrogens with zero attached hydrogens (tertiary/aromatic N) is 4. The quantitative estimate of drug-likeness (QED) is 0.451. The molecule has 3 rings (SSSR count). The number of hydrogen-bond donors (Lipinski definition) is 1. The van der Waals surface area contributed by atoms with E-state index in [0.29, 0.717) is 11.6 Å². The van der Waals surface area contributed by atoms with Crippen LogP contribution in [0.5, 0.6) is 0 Å². The second kappa shape index (κ2) is 8.31. The van der Waals surface area contributed by atoms with Crippen LogP contribution < -0.4 is 5.32 Å². The van der Waals surface area contributed by atoms with Crippen LogP contribution in [0.2, 0.25) is 0 Å². The lowest BCUT2D eigenvalue weighted by Crippen LogP contribution is -2.15. The molecule has 1 aliphatic carbocycles. The third kappa shape index (κ3) is 4.21. The van der Waals surface area contributed by atoms with Crippen molar-refractivity contribution in [2.75, 3.05) is 11.1 Å². The number of rotatable bonds is 7. The average Bonchev–Trinajstić information content (AvgIpc) is 3.29. The highest BCUT2D eigenvalue weighted by Gasteiger charge is 2.24. The molecule has 0 radical (unpaired) electrons. The van der Waals surface area contributed by atoms with Crippen molar-refractivity contribution in [3.05, 3.63) is 40.2 Å². The van der Waals surface area contributed by atoms with E-state index in [1.807, 2.05) is 0 Å². The number of nitro groups is 1. The van der Waals surface area contributed by atoms with E-state index in [-0.39, 0.29) is 17.3 Å². The summed E-state index contributed by atoms with van der Waals surface area (Å²) in [6.45, 7) is 2.84. The van der Waals surface area contributed by atoms with Gasteiger partial charge in [-0.3, -0.25) is 14.9 Å². The number of carbonyl (C=O) groups excluding carboxylic acids is 1. The van der Waals surface area contributed by atoms with Gasteiger partial charge < -0.3 is 9.88 Å². The van der Waals surface area contributed by atoms with Gasteiger partial charge in [-0.05, 0) is 31.9 Å². The summed E-state index contributed by atoms with van der Waals surface area (Å²) in [6, 6.07) is 5.77. The van der Waals surface area contributed by atoms with E-state index in [0.717, 1.165) is 30.4 Å². The van der Waals surface area contributed by atoms with E-state index in [1.165, 1.54) is 48.9 Å². The third-order valence-corrected chi connectivity index (χ3v) is 5.44. The Balaban J connectivity index is 1.58. The Hall–Kier alpha value is -2.42. The van der Waals surface area contributed by atoms with E-state index in [4.69, 9.17) is 0 Å². The Morgan fingerprint density at radius 1 is 1.31 bits per heavy atom. The Morgan fingerprint density at radius 3 is 2.62 bits per heavy atom. The van der Waals surface area contributed by atoms with Crippen molar-refractivity contribution >= 4 is 29.0 Å². The normalized spacial score (nSPS) is 14.5. The molecule has 1 fully saturated rings. The van der Waals surface area contributed by atoms with Crippen molar-refractivity contribution in [2.24, 2.45) is 0 Å². The zero-order valence-corrected chi connectivity index (χ0v) is 15.4. The van der Waals surface area contributed by atoms with Gasteiger partial charge in [0, 0.05) is 30.3 Å². The van der Waals surface area contributed by atoms with E-state index >= 15 is 0 Å². The molecule has 0 aliphatic heterocycles. The van der Waals surface area contributed by atoms with Crippen LogP contribution in [0.4, 0.5) is 11.4 Å². The maximum absolute atomic E-state index is 12.1. The molecule has 1 amide bonds. The number of benzene rings is 1. The fourth-order valence-electron chi connectivity index (χ4n) is 3.18. The van der Waals surface area contributed by atoms with Crippen molar-refractivity contribution in [3.8, 4) is 0 Å². The van der Waals surface area contributed by atoms with Gasteiger partial charge in [-0.1, -0.05) is 24.6 Å². The summed E-state index contributed by atoms with van der Waals surface area (Å²) in [6.07, 6.45) is 4.79. The van der Waals surface area contributed by atoms with Crippen molar-refractivity contribution in [1.29, 1.82) is 0 Å². The summed E-state index contributed by atoms with van der Waals surface area (Å²) in [5.74, 6) is 1.53. The van der Waals surface area contributed by atoms with Crippen molar-refractivity contribution in [1.82, 2.24) is 14.8 Å². The second-order valence-electron chi connectivity index (χ2n) is 6.21. The number of aromatic nitrogens is 3. The summed E-state index contributed by atoms with van der Waals surface area (Å²) in [5, 5.41) is 22.8. The lowest BCUT2D eigenvalue weighted by atomic mass is 10.1. The Labute approximate surface area is 155 Å². The zero-order valence-electron chi connectivity index (χ0n) is 14.6. The first-order valence-corrected chi connectivity index (χ1v) is 9.67. The molecule has 8 nitrogen and oxygen atoms in total. The summed E-state index contributed by atoms with van der Waals surface area (Å²) in [5.41, 5.74) is 0.526. The van der Waals surface area contributed by atoms with Crippen molar-refractivity contribution in [3.63, 3.8) is 0 Å². The molecule has 1 aromatic heterocycles. The van der Waals surface area contributed by atoms with Gasteiger partial charge in [0.1, 0.15) is 5.82 Å². The van der Waals surface area contributed by atoms with Crippen LogP contribution in [0.15, 0.2) is 29.4 Å². The molecule has 26 heavy (non-hydrogen) atoms. The topological polar surface area (TPSA) is 103 Å². The van der Waals surface area contributed by atoms with Crippen LogP contribution in [0.3, 0.4) is 0 Å². The lowest BCUT2D eigenvalue weighted by Gasteiger charge is -2.11. The first-order valence-electron chi connectivity index (χ1n) is 8.68. The molecule has 0 atom stereocenters. The summed E-state index contributed by atoms with van der Waals surface area (Å²) >= 11 is 1.36. The van der Waals surface area contributed by atoms with Gasteiger partial charge in [-0.15, -0.1) is 10.2 Å². The molecule has 2 aromatic rings. The van der Waals surface area contributed by atoms with Crippen molar-refractivity contribution in [2.45, 2.75) is 50.2 Å². The van der Waals surface area contributed by atoms with Gasteiger partial charge in [-0.2, -0.15) is 0 Å². The number of amides is 1. The minimum atomic E-state index is -0.471. The molecule has 1 N–H and O–H groups in total. The second-order valence-corrected chi connectivity index (χ2v) is 7.15. The Kier molecular flexibility index (Phi) is 5.87. The maximum Gasteiger partial charge on any atom is 0.269 e. The molecule has 1 aromatic carbocycles. The first-order chi connectivity index (χ1) is 12.6. The van der Waals surface area contributed by atoms with Crippen LogP contribution in [0.25, 0.3) is 0 Å². The first kappa shape index (κ1) is 18.4. The fourth-order valence-corrected chi connectivity index (χ4v) is 3.99. The highest BCUT2D eigenvalue weighted by atomic mass is 32.2. The number of anilines is 1. The standard InChI is InChI=1S/C17H21N5O3S/c1-2-21-16(12-5-3-4-6-12)19-20-17(21)26-11-15(23)18-13-7-9-14(10-8-13)22(24)25/h7-10,12H,2-6,11H2,1H3,(H,18,23). The number of carbonyl (C=O) groups is 1. The predicted octanol–water partition coefficient (Wildman–Crippen LogP) is 3.59. The van der Waals surface area contributed by atoms with Gasteiger partial charge in [0.2, 0.25) is 5.91 Å². The van der Waals surface area contributed by atoms with Crippen LogP contribution in [0.1, 0.15) is 44.3 Å². The summed E-state index contributed by atoms with van der Waals surface area (Å²) < 4.78 is 2.10. The van der Waals surface area contributed by atoms with Gasteiger partial charge in [0.25, 0.3) is 5.69 Å². The van der Waals surface area contributed by atoms with Crippen LogP contribution in [0, 0.1) is 10.1 Å². The molecule has 138 valence electrons. The van der Waals surface area contributed by atoms with Gasteiger partial charge in [-0.25, -0.2) is 0 Å². The number of nitrogens with one attached hydrogen (secondary N) is 1. The zero-order chi connectivity index (χ0) is 18.5. The fraction of sp³-hybridized carbons (Fsp3) is 0.471. The Bertz CT molecular complexity index is 784. The molecule has 1 heterocycles. The molecule has 0 saturated heterocycles. The third-order valence-electron chi connectivity index (χ3n) is 4.48. The molecule has 9 heteroatoms. The van der Waals surface area contributed by atoms with Gasteiger partial charge >= 0.3 is 0 Å². The van der Waals surface area contributed by atoms with Crippen LogP contribution in [-0.4, -0.2) is 31.3 Å². The van der Waals surface area contributed by atoms with E-state index in [9.17, 15) is 14.9 Å². The highest BCUT2D eigenvalue weighted by Crippen LogP contribution is 2.34. The smallest absolute Gasteiger partial charge is 0.269 e. The van der Waals surface area contributed by atoms with Crippen molar-refractivity contribution < 1.29 is 9.72 Å². The average molecular weight is 375 g/mol. The monoisotopic (exact) mass is 375 g/mol. The number of nitro benzene ring substituents is 1. The van der Waals surface area contributed by atoms with E-state index in [1.54, 1.807) is 0 Å². The molecule has 0 spiro atoms. The van der Waals surface area contributed by atoms with Crippen LogP contribution in [-0.2, 0) is 11.3 Å². The summed E-state index contributed by atoms with van der Waals surface area (Å²) in [7, 11) is 0. The highest BCUT2D eigenvalue weighted by molar-refractivity contribution is 7.99. The van der Waals surface area contributed by atoms with Gasteiger partial charge in [0.15, 0.2) is 5.16 Å². The molecule has 1 aliphatic rings. The molecule has 1 saturated carbocycles. The predicted molar refractivity (Wildman–Crippen MR) is 99.4 cm³/mol. The number of non-ortho nitro benzene ring substituents is 1. The molecule has 0 bridgehead atoms. The van der Waals surface area contributed by atoms with E-state index in [2.05, 4.69) is 27.0 Å². The largest absolute Gasteiger partial charge is 0.325 e. The minimum absolute atomic E-state index is 0.00661. The molecular formula is C17H21N5O3S. The van der Waals surface area contributed by atoms with Crippen LogP contribution >= 0.6 is 11.8 Å². The van der Waals surface area contributed by atoms with Gasteiger partial charge in [0.05, 0.1) is 10.7 Å². The molecular weight excluding hydrogens is 354 g/mol. The number of thioether (sulfide) groups is 1. The molecule has 0 unspecified atom stereocenters. The number of hydrogen-bond acceptors (Lipinski definition) is 6. The SMILES string of the molecule is CCn1c(SCC(=O)Nc2ccc([N+](=O)[O-])cc2)nnc1C1CCCC1. The minimum Gasteiger partial charge on any atom is -0.325 e.